The lowest BCUT2D eigenvalue weighted by Gasteiger charge is -2.26. The fraction of sp³-hybridized carbons (Fsp3) is 0.929. The minimum absolute atomic E-state index is 0. The van der Waals surface area contributed by atoms with Gasteiger partial charge in [-0.1, -0.05) is 12.8 Å². The summed E-state index contributed by atoms with van der Waals surface area (Å²) in [7, 11) is 0. The fourth-order valence-corrected chi connectivity index (χ4v) is 2.23. The van der Waals surface area contributed by atoms with Crippen LogP contribution in [-0.4, -0.2) is 56.7 Å². The molecule has 0 bridgehead atoms. The Balaban J connectivity index is 0. The van der Waals surface area contributed by atoms with E-state index in [-0.39, 0.29) is 30.7 Å². The fourth-order valence-electron chi connectivity index (χ4n) is 2.23. The standard InChI is InChI=1S/C14H29N3O2.2ClH/c15-7-4-2-1-3-6-14(18)16-8-5-9-17-10-12-19-13-11-17;;/h1-13,15H2,(H,16,18);2*1H. The lowest BCUT2D eigenvalue weighted by atomic mass is 10.1. The zero-order valence-corrected chi connectivity index (χ0v) is 14.5. The summed E-state index contributed by atoms with van der Waals surface area (Å²) in [6.07, 6.45) is 5.98. The Bertz CT molecular complexity index is 240. The van der Waals surface area contributed by atoms with Crippen molar-refractivity contribution in [2.45, 2.75) is 38.5 Å². The number of carbonyl (C=O) groups excluding carboxylic acids is 1. The number of amides is 1. The summed E-state index contributed by atoms with van der Waals surface area (Å²) in [6, 6.07) is 0. The molecule has 0 atom stereocenters. The van der Waals surface area contributed by atoms with Gasteiger partial charge in [-0.25, -0.2) is 0 Å². The number of rotatable bonds is 10. The first-order valence-corrected chi connectivity index (χ1v) is 7.60. The molecular weight excluding hydrogens is 313 g/mol. The number of morpholine rings is 1. The van der Waals surface area contributed by atoms with Crippen LogP contribution in [0.1, 0.15) is 38.5 Å². The van der Waals surface area contributed by atoms with Crippen molar-refractivity contribution < 1.29 is 9.53 Å². The predicted molar refractivity (Wildman–Crippen MR) is 91.5 cm³/mol. The molecule has 0 aliphatic carbocycles. The summed E-state index contributed by atoms with van der Waals surface area (Å²) in [6.45, 7) is 6.33. The maximum Gasteiger partial charge on any atom is 0.219 e. The highest BCUT2D eigenvalue weighted by molar-refractivity contribution is 5.85. The van der Waals surface area contributed by atoms with Gasteiger partial charge in [0.25, 0.3) is 0 Å². The number of hydrogen-bond acceptors (Lipinski definition) is 4. The summed E-state index contributed by atoms with van der Waals surface area (Å²) in [5, 5.41) is 2.99. The van der Waals surface area contributed by atoms with E-state index in [1.54, 1.807) is 0 Å². The van der Waals surface area contributed by atoms with E-state index >= 15 is 0 Å². The molecule has 0 spiro atoms. The molecule has 5 nitrogen and oxygen atoms in total. The van der Waals surface area contributed by atoms with Crippen molar-refractivity contribution in [3.63, 3.8) is 0 Å². The monoisotopic (exact) mass is 343 g/mol. The maximum absolute atomic E-state index is 11.6. The average Bonchev–Trinajstić information content (AvgIpc) is 2.44. The summed E-state index contributed by atoms with van der Waals surface area (Å²) in [5.74, 6) is 0.190. The van der Waals surface area contributed by atoms with Gasteiger partial charge in [-0.3, -0.25) is 9.69 Å². The molecule has 1 aliphatic heterocycles. The van der Waals surface area contributed by atoms with Gasteiger partial charge in [0.1, 0.15) is 0 Å². The number of nitrogens with zero attached hydrogens (tertiary/aromatic N) is 1. The third kappa shape index (κ3) is 13.3. The lowest BCUT2D eigenvalue weighted by Crippen LogP contribution is -2.38. The third-order valence-corrected chi connectivity index (χ3v) is 3.43. The predicted octanol–water partition coefficient (Wildman–Crippen LogP) is 1.58. The molecule has 21 heavy (non-hydrogen) atoms. The van der Waals surface area contributed by atoms with Crippen molar-refractivity contribution in [1.82, 2.24) is 10.2 Å². The van der Waals surface area contributed by atoms with Gasteiger partial charge in [0.05, 0.1) is 13.2 Å². The summed E-state index contributed by atoms with van der Waals surface area (Å²) in [5.41, 5.74) is 5.42. The number of halogens is 2. The Morgan fingerprint density at radius 2 is 1.71 bits per heavy atom. The van der Waals surface area contributed by atoms with Crippen LogP contribution in [0, 0.1) is 0 Å². The van der Waals surface area contributed by atoms with Crippen LogP contribution in [0.15, 0.2) is 0 Å². The van der Waals surface area contributed by atoms with E-state index in [4.69, 9.17) is 10.5 Å². The van der Waals surface area contributed by atoms with Gasteiger partial charge in [0.15, 0.2) is 0 Å². The number of nitrogens with two attached hydrogens (primary N) is 1. The third-order valence-electron chi connectivity index (χ3n) is 3.43. The topological polar surface area (TPSA) is 67.6 Å². The van der Waals surface area contributed by atoms with Gasteiger partial charge < -0.3 is 15.8 Å². The molecule has 0 unspecified atom stereocenters. The van der Waals surface area contributed by atoms with Crippen molar-refractivity contribution in [3.05, 3.63) is 0 Å². The van der Waals surface area contributed by atoms with Crippen LogP contribution < -0.4 is 11.1 Å². The first-order valence-electron chi connectivity index (χ1n) is 7.60. The Labute approximate surface area is 141 Å². The summed E-state index contributed by atoms with van der Waals surface area (Å²) in [4.78, 5) is 13.9. The molecule has 0 saturated carbocycles. The van der Waals surface area contributed by atoms with Crippen molar-refractivity contribution in [1.29, 1.82) is 0 Å². The van der Waals surface area contributed by atoms with Crippen LogP contribution in [-0.2, 0) is 9.53 Å². The second-order valence-corrected chi connectivity index (χ2v) is 5.11. The van der Waals surface area contributed by atoms with Crippen LogP contribution in [0.3, 0.4) is 0 Å². The van der Waals surface area contributed by atoms with E-state index in [0.717, 1.165) is 78.0 Å². The van der Waals surface area contributed by atoms with Crippen molar-refractivity contribution in [2.75, 3.05) is 45.9 Å². The second kappa shape index (κ2) is 16.3. The summed E-state index contributed by atoms with van der Waals surface area (Å²) < 4.78 is 5.30. The Morgan fingerprint density at radius 3 is 2.38 bits per heavy atom. The molecule has 1 rings (SSSR count). The smallest absolute Gasteiger partial charge is 0.219 e. The maximum atomic E-state index is 11.6. The summed E-state index contributed by atoms with van der Waals surface area (Å²) >= 11 is 0. The molecule has 1 fully saturated rings. The number of nitrogens with one attached hydrogen (secondary N) is 1. The van der Waals surface area contributed by atoms with E-state index in [2.05, 4.69) is 10.2 Å². The molecule has 3 N–H and O–H groups in total. The van der Waals surface area contributed by atoms with Gasteiger partial charge in [-0.15, -0.1) is 24.8 Å². The highest BCUT2D eigenvalue weighted by Crippen LogP contribution is 2.02. The zero-order chi connectivity index (χ0) is 13.8. The highest BCUT2D eigenvalue weighted by atomic mass is 35.5. The van der Waals surface area contributed by atoms with Crippen LogP contribution in [0.2, 0.25) is 0 Å². The van der Waals surface area contributed by atoms with E-state index < -0.39 is 0 Å². The van der Waals surface area contributed by atoms with Gasteiger partial charge in [0.2, 0.25) is 5.91 Å². The normalized spacial score (nSPS) is 14.9. The quantitative estimate of drug-likeness (QED) is 0.591. The van der Waals surface area contributed by atoms with Crippen LogP contribution >= 0.6 is 24.8 Å². The highest BCUT2D eigenvalue weighted by Gasteiger charge is 2.09. The number of ether oxygens (including phenoxy) is 1. The molecule has 1 amide bonds. The molecule has 1 aliphatic rings. The van der Waals surface area contributed by atoms with Crippen LogP contribution in [0.5, 0.6) is 0 Å². The Morgan fingerprint density at radius 1 is 1.05 bits per heavy atom. The molecule has 1 heterocycles. The van der Waals surface area contributed by atoms with Crippen molar-refractivity contribution >= 4 is 30.7 Å². The first kappa shape index (κ1) is 23.2. The van der Waals surface area contributed by atoms with E-state index in [9.17, 15) is 4.79 Å². The SMILES string of the molecule is Cl.Cl.NCCCCCCC(=O)NCCCN1CCOCC1. The molecule has 0 aromatic heterocycles. The van der Waals surface area contributed by atoms with Gasteiger partial charge in [-0.05, 0) is 32.4 Å². The molecule has 0 aromatic carbocycles. The van der Waals surface area contributed by atoms with Gasteiger partial charge in [-0.2, -0.15) is 0 Å². The van der Waals surface area contributed by atoms with Crippen LogP contribution in [0.4, 0.5) is 0 Å². The largest absolute Gasteiger partial charge is 0.379 e. The number of carbonyl (C=O) groups is 1. The van der Waals surface area contributed by atoms with E-state index in [0.29, 0.717) is 6.42 Å². The van der Waals surface area contributed by atoms with E-state index in [1.165, 1.54) is 0 Å². The number of hydrogen-bond donors (Lipinski definition) is 2. The molecule has 128 valence electrons. The Hall–Kier alpha value is -0.0700. The van der Waals surface area contributed by atoms with E-state index in [1.807, 2.05) is 0 Å². The average molecular weight is 344 g/mol. The molecule has 0 aromatic rings. The van der Waals surface area contributed by atoms with Crippen molar-refractivity contribution in [3.8, 4) is 0 Å². The lowest BCUT2D eigenvalue weighted by molar-refractivity contribution is -0.121. The molecular formula is C14H31Cl2N3O2. The number of unbranched alkanes of at least 4 members (excludes halogenated alkanes) is 3. The van der Waals surface area contributed by atoms with Gasteiger partial charge >= 0.3 is 0 Å². The zero-order valence-electron chi connectivity index (χ0n) is 12.8. The van der Waals surface area contributed by atoms with Gasteiger partial charge in [0, 0.05) is 26.1 Å². The first-order chi connectivity index (χ1) is 9.33. The minimum Gasteiger partial charge on any atom is -0.379 e. The second-order valence-electron chi connectivity index (χ2n) is 5.11. The minimum atomic E-state index is 0. The van der Waals surface area contributed by atoms with Crippen molar-refractivity contribution in [2.24, 2.45) is 5.73 Å². The molecule has 0 radical (unpaired) electrons. The molecule has 1 saturated heterocycles. The molecule has 7 heteroatoms. The van der Waals surface area contributed by atoms with Crippen LogP contribution in [0.25, 0.3) is 0 Å². The Kier molecular flexibility index (Phi) is 18.0.